The molecule has 0 radical (unpaired) electrons. The molecule has 18 heavy (non-hydrogen) atoms. The van der Waals surface area contributed by atoms with Crippen molar-refractivity contribution >= 4 is 50.8 Å². The summed E-state index contributed by atoms with van der Waals surface area (Å²) in [5.74, 6) is 2.23. The molecule has 1 saturated heterocycles. The van der Waals surface area contributed by atoms with Crippen molar-refractivity contribution in [2.75, 3.05) is 29.5 Å². The summed E-state index contributed by atoms with van der Waals surface area (Å²) in [4.78, 5) is 21.8. The van der Waals surface area contributed by atoms with Gasteiger partial charge in [0, 0.05) is 31.6 Å². The van der Waals surface area contributed by atoms with Crippen LogP contribution in [0.2, 0.25) is 0 Å². The highest BCUT2D eigenvalue weighted by Gasteiger charge is 2.17. The third kappa shape index (κ3) is 1.98. The number of thioether (sulfide) groups is 1. The maximum absolute atomic E-state index is 12.1. The van der Waals surface area contributed by atoms with E-state index in [0.29, 0.717) is 15.1 Å². The van der Waals surface area contributed by atoms with Crippen LogP contribution in [-0.4, -0.2) is 39.1 Å². The predicted octanol–water partition coefficient (Wildman–Crippen LogP) is 1.61. The summed E-state index contributed by atoms with van der Waals surface area (Å²) in [7, 11) is 1.68. The molecule has 96 valence electrons. The van der Waals surface area contributed by atoms with Crippen LogP contribution in [0.3, 0.4) is 0 Å². The number of nitrogens with one attached hydrogen (secondary N) is 1. The van der Waals surface area contributed by atoms with Gasteiger partial charge in [-0.3, -0.25) is 9.36 Å². The maximum Gasteiger partial charge on any atom is 0.273 e. The largest absolute Gasteiger partial charge is 0.346 e. The second-order valence-electron chi connectivity index (χ2n) is 4.07. The number of nitrogens with zero attached hydrogens (tertiary/aromatic N) is 3. The average molecular weight is 300 g/mol. The molecule has 0 amide bonds. The minimum atomic E-state index is -0.0658. The Balaban J connectivity index is 2.13. The fourth-order valence-electron chi connectivity index (χ4n) is 1.86. The number of hydrogen-bond acceptors (Lipinski definition) is 6. The van der Waals surface area contributed by atoms with Crippen molar-refractivity contribution in [1.29, 1.82) is 0 Å². The molecular formula is C10H12N4OS3. The van der Waals surface area contributed by atoms with Crippen molar-refractivity contribution in [2.45, 2.75) is 0 Å². The quantitative estimate of drug-likeness (QED) is 0.811. The van der Waals surface area contributed by atoms with Crippen LogP contribution in [0.25, 0.3) is 10.3 Å². The number of thiazole rings is 1. The highest BCUT2D eigenvalue weighted by atomic mass is 32.2. The lowest BCUT2D eigenvalue weighted by molar-refractivity contribution is 0.822. The molecule has 1 aliphatic heterocycles. The molecule has 0 spiro atoms. The summed E-state index contributed by atoms with van der Waals surface area (Å²) in [6.45, 7) is 1.98. The zero-order chi connectivity index (χ0) is 12.7. The Morgan fingerprint density at radius 1 is 1.39 bits per heavy atom. The van der Waals surface area contributed by atoms with E-state index >= 15 is 0 Å². The third-order valence-electron chi connectivity index (χ3n) is 2.93. The highest BCUT2D eigenvalue weighted by Crippen LogP contribution is 2.27. The van der Waals surface area contributed by atoms with Crippen LogP contribution in [0.4, 0.5) is 5.13 Å². The summed E-state index contributed by atoms with van der Waals surface area (Å²) in [6, 6.07) is 0. The fraction of sp³-hybridized carbons (Fsp3) is 0.500. The molecule has 1 fully saturated rings. The first-order valence-electron chi connectivity index (χ1n) is 5.59. The summed E-state index contributed by atoms with van der Waals surface area (Å²) in [6.07, 6.45) is 0. The van der Waals surface area contributed by atoms with Gasteiger partial charge in [0.25, 0.3) is 5.56 Å². The van der Waals surface area contributed by atoms with Gasteiger partial charge >= 0.3 is 0 Å². The lowest BCUT2D eigenvalue weighted by Crippen LogP contribution is -2.32. The molecule has 0 aliphatic carbocycles. The van der Waals surface area contributed by atoms with Gasteiger partial charge in [0.15, 0.2) is 15.5 Å². The van der Waals surface area contributed by atoms with E-state index in [4.69, 9.17) is 12.2 Å². The van der Waals surface area contributed by atoms with Crippen molar-refractivity contribution in [3.8, 4) is 0 Å². The Hall–Kier alpha value is -0.860. The van der Waals surface area contributed by atoms with Crippen molar-refractivity contribution in [3.63, 3.8) is 0 Å². The topological polar surface area (TPSA) is 53.9 Å². The van der Waals surface area contributed by atoms with Crippen molar-refractivity contribution < 1.29 is 0 Å². The standard InChI is InChI=1S/C10H12N4OS3/c1-13-8(15)6-7(11-9(13)16)12-10(18-6)14-2-4-17-5-3-14/h2-5H2,1H3,(H,11,16). The van der Waals surface area contributed by atoms with Gasteiger partial charge in [-0.25, -0.2) is 4.98 Å². The van der Waals surface area contributed by atoms with Crippen LogP contribution in [-0.2, 0) is 7.05 Å². The van der Waals surface area contributed by atoms with E-state index in [1.54, 1.807) is 7.05 Å². The van der Waals surface area contributed by atoms with Gasteiger partial charge in [0.1, 0.15) is 4.70 Å². The first-order valence-corrected chi connectivity index (χ1v) is 7.97. The van der Waals surface area contributed by atoms with E-state index in [2.05, 4.69) is 14.9 Å². The summed E-state index contributed by atoms with van der Waals surface area (Å²) < 4.78 is 2.52. The zero-order valence-electron chi connectivity index (χ0n) is 9.80. The van der Waals surface area contributed by atoms with Crippen molar-refractivity contribution in [2.24, 2.45) is 7.05 Å². The van der Waals surface area contributed by atoms with Crippen LogP contribution in [0.15, 0.2) is 4.79 Å². The third-order valence-corrected chi connectivity index (χ3v) is 5.35. The number of rotatable bonds is 1. The Morgan fingerprint density at radius 2 is 2.11 bits per heavy atom. The van der Waals surface area contributed by atoms with Crippen LogP contribution in [0.1, 0.15) is 0 Å². The number of H-pyrrole nitrogens is 1. The first kappa shape index (κ1) is 12.2. The van der Waals surface area contributed by atoms with E-state index in [9.17, 15) is 4.79 Å². The first-order chi connectivity index (χ1) is 8.66. The second kappa shape index (κ2) is 4.67. The van der Waals surface area contributed by atoms with E-state index in [0.717, 1.165) is 29.7 Å². The van der Waals surface area contributed by atoms with Gasteiger partial charge in [-0.2, -0.15) is 11.8 Å². The molecule has 5 nitrogen and oxygen atoms in total. The Labute approximate surface area is 117 Å². The highest BCUT2D eigenvalue weighted by molar-refractivity contribution is 7.99. The molecule has 0 atom stereocenters. The Bertz CT molecular complexity index is 695. The molecule has 0 unspecified atom stereocenters. The molecule has 3 heterocycles. The molecule has 0 bridgehead atoms. The smallest absolute Gasteiger partial charge is 0.273 e. The van der Waals surface area contributed by atoms with Crippen molar-refractivity contribution in [3.05, 3.63) is 15.1 Å². The van der Waals surface area contributed by atoms with Gasteiger partial charge in [-0.1, -0.05) is 11.3 Å². The van der Waals surface area contributed by atoms with Crippen molar-refractivity contribution in [1.82, 2.24) is 14.5 Å². The summed E-state index contributed by atoms with van der Waals surface area (Å²) in [5.41, 5.74) is 0.546. The molecule has 1 N–H and O–H groups in total. The lowest BCUT2D eigenvalue weighted by Gasteiger charge is -2.25. The molecule has 2 aromatic heterocycles. The molecule has 8 heteroatoms. The maximum atomic E-state index is 12.1. The number of aromatic nitrogens is 3. The second-order valence-corrected chi connectivity index (χ2v) is 6.66. The molecule has 0 saturated carbocycles. The predicted molar refractivity (Wildman–Crippen MR) is 79.6 cm³/mol. The van der Waals surface area contributed by atoms with Gasteiger partial charge in [0.2, 0.25) is 0 Å². The normalized spacial score (nSPS) is 16.4. The molecule has 1 aliphatic rings. The van der Waals surface area contributed by atoms with Crippen LogP contribution < -0.4 is 10.5 Å². The van der Waals surface area contributed by atoms with E-state index in [1.807, 2.05) is 11.8 Å². The molecule has 3 rings (SSSR count). The van der Waals surface area contributed by atoms with Gasteiger partial charge in [-0.15, -0.1) is 0 Å². The Morgan fingerprint density at radius 3 is 2.83 bits per heavy atom. The van der Waals surface area contributed by atoms with Gasteiger partial charge in [-0.05, 0) is 12.2 Å². The van der Waals surface area contributed by atoms with Gasteiger partial charge < -0.3 is 9.88 Å². The summed E-state index contributed by atoms with van der Waals surface area (Å²) in [5, 5.41) is 0.916. The molecule has 2 aromatic rings. The van der Waals surface area contributed by atoms with Crippen LogP contribution >= 0.6 is 35.3 Å². The number of hydrogen-bond donors (Lipinski definition) is 1. The lowest BCUT2D eigenvalue weighted by atomic mass is 10.5. The average Bonchev–Trinajstić information content (AvgIpc) is 2.81. The molecular weight excluding hydrogens is 288 g/mol. The summed E-state index contributed by atoms with van der Waals surface area (Å²) >= 11 is 8.49. The zero-order valence-corrected chi connectivity index (χ0v) is 12.3. The Kier molecular flexibility index (Phi) is 3.16. The number of fused-ring (bicyclic) bond motifs is 1. The minimum Gasteiger partial charge on any atom is -0.346 e. The SMILES string of the molecule is Cn1c(=S)[nH]c2nc(N3CCSCC3)sc2c1=O. The van der Waals surface area contributed by atoms with E-state index in [1.165, 1.54) is 15.9 Å². The molecule has 0 aromatic carbocycles. The van der Waals surface area contributed by atoms with E-state index < -0.39 is 0 Å². The number of aromatic amines is 1. The van der Waals surface area contributed by atoms with Gasteiger partial charge in [0.05, 0.1) is 0 Å². The van der Waals surface area contributed by atoms with Crippen LogP contribution in [0.5, 0.6) is 0 Å². The number of anilines is 1. The monoisotopic (exact) mass is 300 g/mol. The van der Waals surface area contributed by atoms with E-state index in [-0.39, 0.29) is 5.56 Å². The minimum absolute atomic E-state index is 0.0658. The fourth-order valence-corrected chi connectivity index (χ4v) is 3.99. The van der Waals surface area contributed by atoms with Crippen LogP contribution in [0, 0.1) is 4.77 Å².